The molecule has 0 spiro atoms. The fraction of sp³-hybridized carbons (Fsp3) is 0.278. The molecule has 0 aromatic heterocycles. The van der Waals surface area contributed by atoms with Gasteiger partial charge in [0, 0.05) is 17.0 Å². The Kier molecular flexibility index (Phi) is 5.43. The SMILES string of the molecule is O=C(O[C@@H]1CC[C@H](S(=O)(=O)c2cc(F)cc(F)c2)C1)c1ccc(Br)cc1. The molecule has 0 unspecified atom stereocenters. The molecule has 1 saturated carbocycles. The summed E-state index contributed by atoms with van der Waals surface area (Å²) in [6, 6.07) is 8.85. The number of esters is 1. The van der Waals surface area contributed by atoms with E-state index < -0.39 is 38.8 Å². The second kappa shape index (κ2) is 7.44. The molecule has 3 rings (SSSR count). The van der Waals surface area contributed by atoms with Gasteiger partial charge >= 0.3 is 5.97 Å². The van der Waals surface area contributed by atoms with Gasteiger partial charge in [-0.05, 0) is 49.2 Å². The van der Waals surface area contributed by atoms with Crippen molar-refractivity contribution in [3.63, 3.8) is 0 Å². The largest absolute Gasteiger partial charge is 0.459 e. The van der Waals surface area contributed by atoms with E-state index in [1.807, 2.05) is 0 Å². The Morgan fingerprint density at radius 3 is 2.27 bits per heavy atom. The highest BCUT2D eigenvalue weighted by atomic mass is 79.9. The molecular weight excluding hydrogens is 430 g/mol. The Hall–Kier alpha value is -1.80. The van der Waals surface area contributed by atoms with Crippen LogP contribution in [0.1, 0.15) is 29.6 Å². The summed E-state index contributed by atoms with van der Waals surface area (Å²) in [6.07, 6.45) is 0.190. The fourth-order valence-electron chi connectivity index (χ4n) is 2.98. The number of benzene rings is 2. The summed E-state index contributed by atoms with van der Waals surface area (Å²) in [5.41, 5.74) is 0.367. The first-order valence-corrected chi connectivity index (χ1v) is 10.3. The van der Waals surface area contributed by atoms with Crippen LogP contribution in [-0.4, -0.2) is 25.7 Å². The minimum atomic E-state index is -3.90. The van der Waals surface area contributed by atoms with Crippen LogP contribution in [-0.2, 0) is 14.6 Å². The van der Waals surface area contributed by atoms with Gasteiger partial charge in [-0.15, -0.1) is 0 Å². The number of rotatable bonds is 4. The number of hydrogen-bond acceptors (Lipinski definition) is 4. The molecule has 138 valence electrons. The van der Waals surface area contributed by atoms with Gasteiger partial charge in [-0.3, -0.25) is 0 Å². The lowest BCUT2D eigenvalue weighted by Crippen LogP contribution is -2.21. The van der Waals surface area contributed by atoms with Gasteiger partial charge in [-0.2, -0.15) is 0 Å². The van der Waals surface area contributed by atoms with Crippen LogP contribution in [0.15, 0.2) is 51.8 Å². The van der Waals surface area contributed by atoms with Gasteiger partial charge in [0.25, 0.3) is 0 Å². The first kappa shape index (κ1) is 19.0. The second-order valence-electron chi connectivity index (χ2n) is 6.12. The Labute approximate surface area is 158 Å². The molecule has 2 aromatic carbocycles. The normalized spacial score (nSPS) is 20.1. The molecule has 0 radical (unpaired) electrons. The Morgan fingerprint density at radius 1 is 1.04 bits per heavy atom. The maximum Gasteiger partial charge on any atom is 0.338 e. The number of halogens is 3. The number of carbonyl (C=O) groups is 1. The first-order chi connectivity index (χ1) is 12.3. The van der Waals surface area contributed by atoms with Crippen molar-refractivity contribution in [3.05, 3.63) is 64.1 Å². The lowest BCUT2D eigenvalue weighted by atomic mass is 10.2. The standard InChI is InChI=1S/C18H15BrF2O4S/c19-12-3-1-11(2-4-12)18(22)25-15-5-6-16(10-15)26(23,24)17-8-13(20)7-14(21)9-17/h1-4,7-9,15-16H,5-6,10H2/t15-,16+/m1/s1. The summed E-state index contributed by atoms with van der Waals surface area (Å²) >= 11 is 3.27. The van der Waals surface area contributed by atoms with Crippen LogP contribution in [0, 0.1) is 11.6 Å². The van der Waals surface area contributed by atoms with Crippen LogP contribution in [0.5, 0.6) is 0 Å². The molecule has 0 amide bonds. The highest BCUT2D eigenvalue weighted by Crippen LogP contribution is 2.32. The summed E-state index contributed by atoms with van der Waals surface area (Å²) in [6.45, 7) is 0. The highest BCUT2D eigenvalue weighted by Gasteiger charge is 2.37. The summed E-state index contributed by atoms with van der Waals surface area (Å²) in [7, 11) is -3.90. The van der Waals surface area contributed by atoms with Crippen LogP contribution < -0.4 is 0 Å². The third kappa shape index (κ3) is 4.12. The fourth-order valence-corrected chi connectivity index (χ4v) is 5.10. The van der Waals surface area contributed by atoms with Gasteiger partial charge < -0.3 is 4.74 Å². The first-order valence-electron chi connectivity index (χ1n) is 7.92. The molecule has 0 bridgehead atoms. The van der Waals surface area contributed by atoms with Crippen molar-refractivity contribution in [1.82, 2.24) is 0 Å². The van der Waals surface area contributed by atoms with Crippen molar-refractivity contribution in [2.24, 2.45) is 0 Å². The van der Waals surface area contributed by atoms with E-state index in [2.05, 4.69) is 15.9 Å². The average molecular weight is 445 g/mol. The Morgan fingerprint density at radius 2 is 1.65 bits per heavy atom. The van der Waals surface area contributed by atoms with Crippen molar-refractivity contribution >= 4 is 31.7 Å². The summed E-state index contributed by atoms with van der Waals surface area (Å²) in [4.78, 5) is 11.8. The quantitative estimate of drug-likeness (QED) is 0.660. The van der Waals surface area contributed by atoms with Crippen LogP contribution in [0.2, 0.25) is 0 Å². The average Bonchev–Trinajstić information content (AvgIpc) is 3.04. The molecule has 0 N–H and O–H groups in total. The molecule has 26 heavy (non-hydrogen) atoms. The van der Waals surface area contributed by atoms with Crippen molar-refractivity contribution in [3.8, 4) is 0 Å². The van der Waals surface area contributed by atoms with Gasteiger partial charge in [-0.1, -0.05) is 15.9 Å². The zero-order valence-electron chi connectivity index (χ0n) is 13.5. The van der Waals surface area contributed by atoms with Crippen molar-refractivity contribution in [2.75, 3.05) is 0 Å². The molecule has 1 aliphatic carbocycles. The van der Waals surface area contributed by atoms with E-state index in [0.717, 1.165) is 16.6 Å². The summed E-state index contributed by atoms with van der Waals surface area (Å²) in [5.74, 6) is -2.42. The van der Waals surface area contributed by atoms with E-state index in [1.54, 1.807) is 24.3 Å². The maximum atomic E-state index is 13.3. The lowest BCUT2D eigenvalue weighted by Gasteiger charge is -2.14. The molecule has 1 fully saturated rings. The van der Waals surface area contributed by atoms with E-state index >= 15 is 0 Å². The topological polar surface area (TPSA) is 60.4 Å². The van der Waals surface area contributed by atoms with E-state index in [1.165, 1.54) is 0 Å². The van der Waals surface area contributed by atoms with Gasteiger partial charge in [0.2, 0.25) is 0 Å². The molecule has 8 heteroatoms. The second-order valence-corrected chi connectivity index (χ2v) is 9.26. The predicted molar refractivity (Wildman–Crippen MR) is 94.5 cm³/mol. The zero-order valence-corrected chi connectivity index (χ0v) is 15.9. The minimum absolute atomic E-state index is 0.0999. The molecule has 0 saturated heterocycles. The van der Waals surface area contributed by atoms with Gasteiger partial charge in [0.05, 0.1) is 15.7 Å². The molecule has 2 atom stereocenters. The van der Waals surface area contributed by atoms with E-state index in [4.69, 9.17) is 4.74 Å². The van der Waals surface area contributed by atoms with E-state index in [0.29, 0.717) is 18.1 Å². The Bertz CT molecular complexity index is 908. The molecule has 4 nitrogen and oxygen atoms in total. The van der Waals surface area contributed by atoms with Crippen LogP contribution in [0.25, 0.3) is 0 Å². The zero-order chi connectivity index (χ0) is 18.9. The van der Waals surface area contributed by atoms with Crippen LogP contribution in [0.3, 0.4) is 0 Å². The number of sulfone groups is 1. The van der Waals surface area contributed by atoms with Crippen molar-refractivity contribution in [2.45, 2.75) is 35.5 Å². The third-order valence-electron chi connectivity index (χ3n) is 4.29. The third-order valence-corrected chi connectivity index (χ3v) is 7.02. The number of carbonyl (C=O) groups excluding carboxylic acids is 1. The van der Waals surface area contributed by atoms with Gasteiger partial charge in [-0.25, -0.2) is 22.0 Å². The summed E-state index contributed by atoms with van der Waals surface area (Å²) in [5, 5.41) is -0.841. The molecule has 0 heterocycles. The van der Waals surface area contributed by atoms with E-state index in [9.17, 15) is 22.0 Å². The Balaban J connectivity index is 1.69. The molecule has 1 aliphatic rings. The molecular formula is C18H15BrF2O4S. The highest BCUT2D eigenvalue weighted by molar-refractivity contribution is 9.10. The smallest absolute Gasteiger partial charge is 0.338 e. The van der Waals surface area contributed by atoms with Crippen LogP contribution >= 0.6 is 15.9 Å². The van der Waals surface area contributed by atoms with Crippen molar-refractivity contribution in [1.29, 1.82) is 0 Å². The van der Waals surface area contributed by atoms with Crippen molar-refractivity contribution < 1.29 is 26.7 Å². The van der Waals surface area contributed by atoms with Gasteiger partial charge in [0.15, 0.2) is 9.84 Å². The predicted octanol–water partition coefficient (Wildman–Crippen LogP) is 4.28. The lowest BCUT2D eigenvalue weighted by molar-refractivity contribution is 0.0318. The van der Waals surface area contributed by atoms with Gasteiger partial charge in [0.1, 0.15) is 17.7 Å². The monoisotopic (exact) mass is 444 g/mol. The van der Waals surface area contributed by atoms with Crippen LogP contribution in [0.4, 0.5) is 8.78 Å². The minimum Gasteiger partial charge on any atom is -0.459 e. The molecule has 0 aliphatic heterocycles. The van der Waals surface area contributed by atoms with E-state index in [-0.39, 0.29) is 17.7 Å². The summed E-state index contributed by atoms with van der Waals surface area (Å²) < 4.78 is 58.1. The maximum absolute atomic E-state index is 13.3. The number of ether oxygens (including phenoxy) is 1. The molecule has 2 aromatic rings. The number of hydrogen-bond donors (Lipinski definition) is 0.